The van der Waals surface area contributed by atoms with Crippen LogP contribution in [0.25, 0.3) is 0 Å². The molecular weight excluding hydrogens is 976 g/mol. The second-order valence-corrected chi connectivity index (χ2v) is 23.7. The van der Waals surface area contributed by atoms with Crippen LogP contribution in [0.3, 0.4) is 0 Å². The van der Waals surface area contributed by atoms with E-state index >= 15 is 0 Å². The predicted molar refractivity (Wildman–Crippen MR) is 330 cm³/mol. The van der Waals surface area contributed by atoms with Crippen molar-refractivity contribution in [2.75, 3.05) is 40.9 Å². The normalized spacial score (nSPS) is 14.3. The van der Waals surface area contributed by atoms with Crippen molar-refractivity contribution in [2.24, 2.45) is 0 Å². The Labute approximate surface area is 475 Å². The Morgan fingerprint density at radius 3 is 1.30 bits per heavy atom. The maximum atomic E-state index is 13.5. The summed E-state index contributed by atoms with van der Waals surface area (Å²) in [5, 5.41) is 3.00. The van der Waals surface area contributed by atoms with Crippen molar-refractivity contribution >= 4 is 19.7 Å². The van der Waals surface area contributed by atoms with Gasteiger partial charge in [0.1, 0.15) is 19.3 Å². The van der Waals surface area contributed by atoms with Crippen LogP contribution in [0.5, 0.6) is 0 Å². The van der Waals surface area contributed by atoms with Gasteiger partial charge in [-0.3, -0.25) is 14.2 Å². The molecule has 0 aromatic rings. The van der Waals surface area contributed by atoms with E-state index in [0.717, 1.165) is 64.2 Å². The maximum absolute atomic E-state index is 13.5. The summed E-state index contributed by atoms with van der Waals surface area (Å²) in [6.45, 7) is 6.66. The molecule has 0 aromatic carbocycles. The number of rotatable bonds is 56. The number of likely N-dealkylation sites (N-methyl/N-ethyl adjacent to an activating group) is 1. The van der Waals surface area contributed by atoms with Crippen molar-refractivity contribution in [3.05, 3.63) is 97.2 Å². The highest BCUT2D eigenvalue weighted by molar-refractivity contribution is 7.45. The maximum Gasteiger partial charge on any atom is 0.306 e. The van der Waals surface area contributed by atoms with E-state index in [0.29, 0.717) is 17.4 Å². The average Bonchev–Trinajstić information content (AvgIpc) is 3.39. The number of hydrogen-bond acceptors (Lipinski definition) is 7. The summed E-state index contributed by atoms with van der Waals surface area (Å²) >= 11 is 0. The molecule has 0 fully saturated rings. The zero-order chi connectivity index (χ0) is 56.4. The highest BCUT2D eigenvalue weighted by atomic mass is 31.2. The molecule has 3 atom stereocenters. The fourth-order valence-electron chi connectivity index (χ4n) is 8.78. The largest absolute Gasteiger partial charge is 0.756 e. The van der Waals surface area contributed by atoms with Gasteiger partial charge in [-0.25, -0.2) is 0 Å². The Hall–Kier alpha value is -3.07. The van der Waals surface area contributed by atoms with Gasteiger partial charge in [-0.1, -0.05) is 272 Å². The Kier molecular flexibility index (Phi) is 54.0. The van der Waals surface area contributed by atoms with Crippen LogP contribution in [0.2, 0.25) is 0 Å². The van der Waals surface area contributed by atoms with Crippen LogP contribution < -0.4 is 10.2 Å². The molecule has 0 aliphatic heterocycles. The topological polar surface area (TPSA) is 114 Å². The second kappa shape index (κ2) is 56.2. The quantitative estimate of drug-likeness (QED) is 0.0161. The molecule has 0 aliphatic carbocycles. The van der Waals surface area contributed by atoms with E-state index in [1.54, 1.807) is 0 Å². The first kappa shape index (κ1) is 73.9. The fourth-order valence-corrected chi connectivity index (χ4v) is 9.51. The van der Waals surface area contributed by atoms with Gasteiger partial charge in [0.25, 0.3) is 7.82 Å². The molecule has 0 radical (unpaired) electrons. The van der Waals surface area contributed by atoms with Crippen LogP contribution in [0.4, 0.5) is 0 Å². The number of allylic oxidation sites excluding steroid dienone is 15. The average molecular weight is 1100 g/mol. The second-order valence-electron chi connectivity index (χ2n) is 22.3. The molecule has 0 aromatic heterocycles. The first-order valence-corrected chi connectivity index (χ1v) is 33.1. The van der Waals surface area contributed by atoms with Gasteiger partial charge in [0.15, 0.2) is 0 Å². The summed E-state index contributed by atoms with van der Waals surface area (Å²) in [5.74, 6) is -0.593. The Morgan fingerprint density at radius 2 is 0.844 bits per heavy atom. The molecule has 0 heterocycles. The van der Waals surface area contributed by atoms with Crippen LogP contribution >= 0.6 is 7.82 Å². The smallest absolute Gasteiger partial charge is 0.306 e. The highest BCUT2D eigenvalue weighted by Gasteiger charge is 2.27. The van der Waals surface area contributed by atoms with E-state index in [-0.39, 0.29) is 31.3 Å². The summed E-state index contributed by atoms with van der Waals surface area (Å²) in [6, 6.07) is -0.917. The van der Waals surface area contributed by atoms with E-state index < -0.39 is 26.6 Å². The minimum Gasteiger partial charge on any atom is -0.756 e. The zero-order valence-electron chi connectivity index (χ0n) is 50.6. The summed E-state index contributed by atoms with van der Waals surface area (Å²) in [5.41, 5.74) is 0. The van der Waals surface area contributed by atoms with Gasteiger partial charge in [0, 0.05) is 12.8 Å². The third-order valence-electron chi connectivity index (χ3n) is 13.7. The number of hydrogen-bond donors (Lipinski definition) is 1. The lowest BCUT2D eigenvalue weighted by Gasteiger charge is -2.30. The Balaban J connectivity index is 5.32. The SMILES string of the molecule is CC\C=C/C=C/C=C/C=C\C=C\C=C\CCCCCC(=O)NC(COP(=O)([O-])OCC[N+](C)(C)C)C(/C=C/CCCCCCCCCCCCC)OC(=O)CCCCCCCCCCCCC/C=C/CCCCCCCC. The summed E-state index contributed by atoms with van der Waals surface area (Å²) in [6.07, 6.45) is 75.2. The predicted octanol–water partition coefficient (Wildman–Crippen LogP) is 18.9. The van der Waals surface area contributed by atoms with Crippen molar-refractivity contribution in [2.45, 2.75) is 277 Å². The molecule has 3 unspecified atom stereocenters. The number of carbonyl (C=O) groups excluding carboxylic acids is 2. The van der Waals surface area contributed by atoms with E-state index in [4.69, 9.17) is 13.8 Å². The first-order valence-electron chi connectivity index (χ1n) is 31.6. The number of phosphoric acid groups is 1. The summed E-state index contributed by atoms with van der Waals surface area (Å²) < 4.78 is 30.3. The Morgan fingerprint density at radius 1 is 0.468 bits per heavy atom. The van der Waals surface area contributed by atoms with Gasteiger partial charge in [-0.2, -0.15) is 0 Å². The van der Waals surface area contributed by atoms with E-state index in [1.165, 1.54) is 161 Å². The molecule has 0 spiro atoms. The molecule has 0 saturated carbocycles. The number of ether oxygens (including phenoxy) is 1. The summed E-state index contributed by atoms with van der Waals surface area (Å²) in [4.78, 5) is 40.0. The number of unbranched alkanes of at least 4 members (excludes halogenated alkanes) is 31. The molecular formula is C67H119N2O7P. The van der Waals surface area contributed by atoms with Crippen LogP contribution in [-0.2, 0) is 27.9 Å². The highest BCUT2D eigenvalue weighted by Crippen LogP contribution is 2.38. The third kappa shape index (κ3) is 57.4. The zero-order valence-corrected chi connectivity index (χ0v) is 51.5. The van der Waals surface area contributed by atoms with E-state index in [9.17, 15) is 19.0 Å². The molecule has 1 N–H and O–H groups in total. The standard InChI is InChI=1S/C67H119N2O7P/c1-7-10-13-16-19-22-25-28-30-32-33-34-35-37-39-42-45-48-51-54-57-60-67(71)76-65(58-55-52-49-46-43-40-27-24-21-18-15-12-9-3)64(63-75-77(72,73)74-62-61-69(4,5)6)68-66(70)59-56-53-50-47-44-41-38-36-31-29-26-23-20-17-14-11-8-2/h11,14,17,20,23,26,28-31,36,38,41,44,55,58,64-65H,7-10,12-13,15-16,18-19,21-22,24-25,27,32-35,37,39-40,42-43,45-54,56-57,59-63H2,1-6H3,(H-,68,70,72,73)/b14-11-,20-17+,26-23+,30-28+,31-29-,38-36+,44-41+,58-55+. The molecule has 0 bridgehead atoms. The lowest BCUT2D eigenvalue weighted by Crippen LogP contribution is -2.47. The van der Waals surface area contributed by atoms with Crippen molar-refractivity contribution < 1.29 is 37.3 Å². The lowest BCUT2D eigenvalue weighted by molar-refractivity contribution is -0.870. The van der Waals surface area contributed by atoms with Gasteiger partial charge in [0.2, 0.25) is 5.91 Å². The van der Waals surface area contributed by atoms with Crippen molar-refractivity contribution in [1.82, 2.24) is 5.32 Å². The molecule has 9 nitrogen and oxygen atoms in total. The number of esters is 1. The number of amides is 1. The van der Waals surface area contributed by atoms with Gasteiger partial charge >= 0.3 is 5.97 Å². The number of carbonyl (C=O) groups is 2. The number of nitrogens with zero attached hydrogens (tertiary/aromatic N) is 1. The van der Waals surface area contributed by atoms with Gasteiger partial charge in [0.05, 0.1) is 33.8 Å². The molecule has 0 rings (SSSR count). The van der Waals surface area contributed by atoms with Gasteiger partial charge in [-0.05, 0) is 76.7 Å². The van der Waals surface area contributed by atoms with Crippen molar-refractivity contribution in [3.63, 3.8) is 0 Å². The monoisotopic (exact) mass is 1090 g/mol. The number of quaternary nitrogens is 1. The number of phosphoric ester groups is 1. The minimum atomic E-state index is -4.72. The van der Waals surface area contributed by atoms with Crippen molar-refractivity contribution in [1.29, 1.82) is 0 Å². The number of nitrogens with one attached hydrogen (secondary N) is 1. The fraction of sp³-hybridized carbons (Fsp3) is 0.731. The molecule has 77 heavy (non-hydrogen) atoms. The Bertz CT molecular complexity index is 1640. The van der Waals surface area contributed by atoms with Crippen molar-refractivity contribution in [3.8, 4) is 0 Å². The van der Waals surface area contributed by atoms with Crippen LogP contribution in [0.15, 0.2) is 97.2 Å². The van der Waals surface area contributed by atoms with Gasteiger partial charge in [-0.15, -0.1) is 0 Å². The molecule has 444 valence electrons. The van der Waals surface area contributed by atoms with Crippen LogP contribution in [0, 0.1) is 0 Å². The van der Waals surface area contributed by atoms with Gasteiger partial charge < -0.3 is 28.5 Å². The van der Waals surface area contributed by atoms with Crippen LogP contribution in [0.1, 0.15) is 265 Å². The third-order valence-corrected chi connectivity index (χ3v) is 14.6. The van der Waals surface area contributed by atoms with E-state index in [2.05, 4.69) is 50.4 Å². The van der Waals surface area contributed by atoms with E-state index in [1.807, 2.05) is 94.1 Å². The molecule has 10 heteroatoms. The molecule has 1 amide bonds. The summed E-state index contributed by atoms with van der Waals surface area (Å²) in [7, 11) is 1.14. The lowest BCUT2D eigenvalue weighted by atomic mass is 10.0. The minimum absolute atomic E-state index is 0.0357. The molecule has 0 aliphatic rings. The molecule has 0 saturated heterocycles. The van der Waals surface area contributed by atoms with Crippen LogP contribution in [-0.4, -0.2) is 69.4 Å². The first-order chi connectivity index (χ1) is 37.4.